The fourth-order valence-corrected chi connectivity index (χ4v) is 4.46. The van der Waals surface area contributed by atoms with Crippen molar-refractivity contribution in [3.63, 3.8) is 0 Å². The van der Waals surface area contributed by atoms with Crippen LogP contribution in [0.1, 0.15) is 35.9 Å². The molecule has 3 aliphatic rings. The lowest BCUT2D eigenvalue weighted by Crippen LogP contribution is -2.36. The van der Waals surface area contributed by atoms with Crippen LogP contribution < -0.4 is 5.32 Å². The first kappa shape index (κ1) is 17.0. The van der Waals surface area contributed by atoms with Gasteiger partial charge in [0.05, 0.1) is 19.3 Å². The summed E-state index contributed by atoms with van der Waals surface area (Å²) in [5.41, 5.74) is 2.73. The van der Waals surface area contributed by atoms with Crippen molar-refractivity contribution in [3.8, 4) is 0 Å². The third kappa shape index (κ3) is 3.73. The largest absolute Gasteiger partial charge is 0.382 e. The second-order valence-electron chi connectivity index (χ2n) is 7.65. The van der Waals surface area contributed by atoms with E-state index in [-0.39, 0.29) is 18.6 Å². The first-order chi connectivity index (χ1) is 12.3. The molecule has 0 bridgehead atoms. The Morgan fingerprint density at radius 2 is 2.00 bits per heavy atom. The van der Waals surface area contributed by atoms with E-state index >= 15 is 0 Å². The van der Waals surface area contributed by atoms with Crippen molar-refractivity contribution in [1.82, 2.24) is 10.2 Å². The van der Waals surface area contributed by atoms with Gasteiger partial charge >= 0.3 is 0 Å². The number of hydrogen-bond donors (Lipinski definition) is 1. The van der Waals surface area contributed by atoms with E-state index in [9.17, 15) is 4.79 Å². The molecule has 5 heteroatoms. The highest BCUT2D eigenvalue weighted by molar-refractivity contribution is 5.78. The number of rotatable bonds is 8. The number of nitrogens with one attached hydrogen (secondary N) is 1. The molecule has 1 aromatic carbocycles. The molecule has 1 aliphatic heterocycles. The monoisotopic (exact) mass is 344 g/mol. The van der Waals surface area contributed by atoms with Gasteiger partial charge in [-0.25, -0.2) is 0 Å². The van der Waals surface area contributed by atoms with Gasteiger partial charge in [0.25, 0.3) is 0 Å². The van der Waals surface area contributed by atoms with Crippen LogP contribution in [0.25, 0.3) is 0 Å². The fraction of sp³-hybridized carbons (Fsp3) is 0.650. The molecule has 3 atom stereocenters. The summed E-state index contributed by atoms with van der Waals surface area (Å²) >= 11 is 0. The SMILES string of the molecule is COCCOCC(=O)N[C@@H]1c2ccccc2[C@@H]2CN(CC3CC3)C[C@H]12. The highest BCUT2D eigenvalue weighted by Gasteiger charge is 2.47. The van der Waals surface area contributed by atoms with Crippen LogP contribution >= 0.6 is 0 Å². The summed E-state index contributed by atoms with van der Waals surface area (Å²) in [6.45, 7) is 4.52. The molecule has 1 amide bonds. The van der Waals surface area contributed by atoms with Crippen molar-refractivity contribution in [2.24, 2.45) is 11.8 Å². The highest BCUT2D eigenvalue weighted by Crippen LogP contribution is 2.49. The van der Waals surface area contributed by atoms with Gasteiger partial charge in [-0.05, 0) is 29.9 Å². The number of hydrogen-bond acceptors (Lipinski definition) is 4. The smallest absolute Gasteiger partial charge is 0.246 e. The van der Waals surface area contributed by atoms with Gasteiger partial charge in [-0.3, -0.25) is 4.79 Å². The standard InChI is InChI=1S/C20H28N2O3/c1-24-8-9-25-13-19(23)21-20-16-5-3-2-4-15(16)17-11-22(12-18(17)20)10-14-6-7-14/h2-5,14,17-18,20H,6-13H2,1H3,(H,21,23)/t17-,18-,20+/m0/s1. The molecule has 0 unspecified atom stereocenters. The summed E-state index contributed by atoms with van der Waals surface area (Å²) in [4.78, 5) is 14.9. The Morgan fingerprint density at radius 1 is 1.20 bits per heavy atom. The molecule has 1 N–H and O–H groups in total. The molecule has 1 saturated heterocycles. The van der Waals surface area contributed by atoms with Gasteiger partial charge < -0.3 is 19.7 Å². The van der Waals surface area contributed by atoms with Gasteiger partial charge in [0.15, 0.2) is 0 Å². The molecule has 2 fully saturated rings. The molecule has 25 heavy (non-hydrogen) atoms. The van der Waals surface area contributed by atoms with Crippen LogP contribution in [0, 0.1) is 11.8 Å². The van der Waals surface area contributed by atoms with Crippen molar-refractivity contribution in [3.05, 3.63) is 35.4 Å². The third-order valence-corrected chi connectivity index (χ3v) is 5.79. The highest BCUT2D eigenvalue weighted by atomic mass is 16.5. The second kappa shape index (κ2) is 7.44. The van der Waals surface area contributed by atoms with E-state index in [0.717, 1.165) is 19.0 Å². The summed E-state index contributed by atoms with van der Waals surface area (Å²) < 4.78 is 10.3. The first-order valence-corrected chi connectivity index (χ1v) is 9.43. The lowest BCUT2D eigenvalue weighted by Gasteiger charge is -2.23. The minimum atomic E-state index is -0.0304. The Morgan fingerprint density at radius 3 is 2.76 bits per heavy atom. The Labute approximate surface area is 149 Å². The molecule has 1 aromatic rings. The number of likely N-dealkylation sites (tertiary alicyclic amines) is 1. The molecule has 136 valence electrons. The van der Waals surface area contributed by atoms with Crippen LogP contribution in [0.15, 0.2) is 24.3 Å². The Kier molecular flexibility index (Phi) is 5.06. The molecule has 1 heterocycles. The Balaban J connectivity index is 1.41. The molecule has 2 aliphatic carbocycles. The molecule has 4 rings (SSSR count). The zero-order valence-electron chi connectivity index (χ0n) is 14.9. The predicted molar refractivity (Wildman–Crippen MR) is 95.4 cm³/mol. The minimum absolute atomic E-state index is 0.0304. The maximum Gasteiger partial charge on any atom is 0.246 e. The van der Waals surface area contributed by atoms with Gasteiger partial charge in [-0.15, -0.1) is 0 Å². The van der Waals surface area contributed by atoms with E-state index in [1.54, 1.807) is 7.11 Å². The normalized spacial score (nSPS) is 28.0. The Bertz CT molecular complexity index is 617. The summed E-state index contributed by atoms with van der Waals surface area (Å²) in [7, 11) is 1.63. The maximum atomic E-state index is 12.3. The molecular formula is C20H28N2O3. The minimum Gasteiger partial charge on any atom is -0.382 e. The number of fused-ring (bicyclic) bond motifs is 3. The van der Waals surface area contributed by atoms with Gasteiger partial charge in [-0.2, -0.15) is 0 Å². The van der Waals surface area contributed by atoms with E-state index in [1.165, 1.54) is 30.5 Å². The number of ether oxygens (including phenoxy) is 2. The lowest BCUT2D eigenvalue weighted by atomic mass is 9.94. The van der Waals surface area contributed by atoms with Crippen molar-refractivity contribution in [2.45, 2.75) is 24.8 Å². The lowest BCUT2D eigenvalue weighted by molar-refractivity contribution is -0.127. The number of carbonyl (C=O) groups is 1. The maximum absolute atomic E-state index is 12.3. The topological polar surface area (TPSA) is 50.8 Å². The van der Waals surface area contributed by atoms with Crippen molar-refractivity contribution >= 4 is 5.91 Å². The van der Waals surface area contributed by atoms with Gasteiger partial charge in [0.1, 0.15) is 6.61 Å². The zero-order valence-corrected chi connectivity index (χ0v) is 14.9. The van der Waals surface area contributed by atoms with Crippen LogP contribution in [0.3, 0.4) is 0 Å². The van der Waals surface area contributed by atoms with E-state index in [1.807, 2.05) is 0 Å². The molecule has 1 saturated carbocycles. The van der Waals surface area contributed by atoms with Gasteiger partial charge in [-0.1, -0.05) is 24.3 Å². The van der Waals surface area contributed by atoms with Crippen LogP contribution in [-0.4, -0.2) is 57.4 Å². The van der Waals surface area contributed by atoms with Crippen LogP contribution in [0.2, 0.25) is 0 Å². The molecular weight excluding hydrogens is 316 g/mol. The van der Waals surface area contributed by atoms with E-state index in [4.69, 9.17) is 9.47 Å². The van der Waals surface area contributed by atoms with Crippen LogP contribution in [-0.2, 0) is 14.3 Å². The molecule has 0 radical (unpaired) electrons. The number of benzene rings is 1. The number of nitrogens with zero attached hydrogens (tertiary/aromatic N) is 1. The summed E-state index contributed by atoms with van der Waals surface area (Å²) in [6.07, 6.45) is 2.78. The summed E-state index contributed by atoms with van der Waals surface area (Å²) in [5.74, 6) is 1.92. The van der Waals surface area contributed by atoms with Crippen molar-refractivity contribution < 1.29 is 14.3 Å². The summed E-state index contributed by atoms with van der Waals surface area (Å²) in [6, 6.07) is 8.74. The average Bonchev–Trinajstić information content (AvgIpc) is 3.26. The van der Waals surface area contributed by atoms with Crippen molar-refractivity contribution in [1.29, 1.82) is 0 Å². The first-order valence-electron chi connectivity index (χ1n) is 9.43. The van der Waals surface area contributed by atoms with Crippen LogP contribution in [0.5, 0.6) is 0 Å². The predicted octanol–water partition coefficient (Wildman–Crippen LogP) is 1.95. The second-order valence-corrected chi connectivity index (χ2v) is 7.65. The third-order valence-electron chi connectivity index (χ3n) is 5.79. The number of amides is 1. The molecule has 5 nitrogen and oxygen atoms in total. The van der Waals surface area contributed by atoms with E-state index in [2.05, 4.69) is 34.5 Å². The van der Waals surface area contributed by atoms with Gasteiger partial charge in [0.2, 0.25) is 5.91 Å². The summed E-state index contributed by atoms with van der Waals surface area (Å²) in [5, 5.41) is 3.24. The fourth-order valence-electron chi connectivity index (χ4n) is 4.46. The number of methoxy groups -OCH3 is 1. The average molecular weight is 344 g/mol. The zero-order chi connectivity index (χ0) is 17.2. The number of carbonyl (C=O) groups excluding carboxylic acids is 1. The Hall–Kier alpha value is -1.43. The van der Waals surface area contributed by atoms with Crippen molar-refractivity contribution in [2.75, 3.05) is 46.6 Å². The molecule has 0 spiro atoms. The van der Waals surface area contributed by atoms with E-state index < -0.39 is 0 Å². The van der Waals surface area contributed by atoms with Crippen LogP contribution in [0.4, 0.5) is 0 Å². The van der Waals surface area contributed by atoms with Gasteiger partial charge in [0, 0.05) is 38.6 Å². The quantitative estimate of drug-likeness (QED) is 0.733. The molecule has 0 aromatic heterocycles. The van der Waals surface area contributed by atoms with E-state index in [0.29, 0.717) is 25.0 Å².